The number of rotatable bonds is 7. The molecule has 0 unspecified atom stereocenters. The van der Waals surface area contributed by atoms with Crippen LogP contribution in [-0.4, -0.2) is 28.4 Å². The highest BCUT2D eigenvalue weighted by Gasteiger charge is 1.97. The van der Waals surface area contributed by atoms with E-state index >= 15 is 0 Å². The Morgan fingerprint density at radius 3 is 2.71 bits per heavy atom. The smallest absolute Gasteiger partial charge is 0.328 e. The van der Waals surface area contributed by atoms with E-state index in [9.17, 15) is 4.79 Å². The summed E-state index contributed by atoms with van der Waals surface area (Å²) in [5, 5.41) is 9.53. The van der Waals surface area contributed by atoms with Crippen molar-refractivity contribution >= 4 is 23.8 Å². The lowest BCUT2D eigenvalue weighted by Gasteiger charge is -2.06. The van der Waals surface area contributed by atoms with Gasteiger partial charge in [0.15, 0.2) is 0 Å². The maximum atomic E-state index is 10.4. The standard InChI is InChI=1S/C16H15NO3S/c18-16(19)9-6-13-4-7-14(8-5-13)20-11-12-21-15-3-1-2-10-17-15/h1-10H,11-12H2,(H,18,19). The number of benzene rings is 1. The third kappa shape index (κ3) is 5.71. The minimum absolute atomic E-state index is 0.589. The zero-order chi connectivity index (χ0) is 14.9. The number of hydrogen-bond donors (Lipinski definition) is 1. The second-order valence-corrected chi connectivity index (χ2v) is 5.22. The molecule has 0 amide bonds. The van der Waals surface area contributed by atoms with Gasteiger partial charge < -0.3 is 9.84 Å². The number of carboxylic acids is 1. The van der Waals surface area contributed by atoms with Crippen LogP contribution < -0.4 is 4.74 Å². The van der Waals surface area contributed by atoms with Gasteiger partial charge in [0.25, 0.3) is 0 Å². The Morgan fingerprint density at radius 2 is 2.05 bits per heavy atom. The van der Waals surface area contributed by atoms with Gasteiger partial charge in [0.05, 0.1) is 11.6 Å². The molecule has 0 radical (unpaired) electrons. The Bertz CT molecular complexity index is 597. The highest BCUT2D eigenvalue weighted by atomic mass is 32.2. The van der Waals surface area contributed by atoms with Crippen LogP contribution in [0.1, 0.15) is 5.56 Å². The highest BCUT2D eigenvalue weighted by molar-refractivity contribution is 7.99. The quantitative estimate of drug-likeness (QED) is 0.483. The molecule has 0 saturated heterocycles. The highest BCUT2D eigenvalue weighted by Crippen LogP contribution is 2.16. The van der Waals surface area contributed by atoms with Crippen molar-refractivity contribution in [3.8, 4) is 5.75 Å². The van der Waals surface area contributed by atoms with Crippen molar-refractivity contribution in [3.05, 3.63) is 60.3 Å². The molecule has 0 spiro atoms. The number of pyridine rings is 1. The second-order valence-electron chi connectivity index (χ2n) is 4.11. The Balaban J connectivity index is 1.75. The van der Waals surface area contributed by atoms with Crippen molar-refractivity contribution in [2.75, 3.05) is 12.4 Å². The number of carbonyl (C=O) groups is 1. The number of hydrogen-bond acceptors (Lipinski definition) is 4. The summed E-state index contributed by atoms with van der Waals surface area (Å²) in [5.41, 5.74) is 0.826. The van der Waals surface area contributed by atoms with Gasteiger partial charge in [-0.3, -0.25) is 0 Å². The Hall–Kier alpha value is -2.27. The van der Waals surface area contributed by atoms with E-state index in [0.717, 1.165) is 28.2 Å². The fourth-order valence-corrected chi connectivity index (χ4v) is 2.27. The monoisotopic (exact) mass is 301 g/mol. The van der Waals surface area contributed by atoms with Crippen LogP contribution in [0.4, 0.5) is 0 Å². The van der Waals surface area contributed by atoms with Crippen LogP contribution in [0.5, 0.6) is 5.75 Å². The summed E-state index contributed by atoms with van der Waals surface area (Å²) >= 11 is 1.64. The summed E-state index contributed by atoms with van der Waals surface area (Å²) in [5.74, 6) is 0.628. The fourth-order valence-electron chi connectivity index (χ4n) is 1.58. The van der Waals surface area contributed by atoms with Crippen LogP contribution >= 0.6 is 11.8 Å². The molecule has 1 aromatic heterocycles. The predicted octanol–water partition coefficient (Wildman–Crippen LogP) is 3.35. The number of aliphatic carboxylic acids is 1. The van der Waals surface area contributed by atoms with E-state index in [2.05, 4.69) is 4.98 Å². The van der Waals surface area contributed by atoms with Crippen LogP contribution in [-0.2, 0) is 4.79 Å². The van der Waals surface area contributed by atoms with Gasteiger partial charge in [0.2, 0.25) is 0 Å². The molecule has 2 rings (SSSR count). The third-order valence-corrected chi connectivity index (χ3v) is 3.45. The zero-order valence-electron chi connectivity index (χ0n) is 11.3. The molecule has 0 fully saturated rings. The van der Waals surface area contributed by atoms with Crippen molar-refractivity contribution < 1.29 is 14.6 Å². The second kappa shape index (κ2) is 8.11. The zero-order valence-corrected chi connectivity index (χ0v) is 12.1. The van der Waals surface area contributed by atoms with E-state index in [-0.39, 0.29) is 0 Å². The lowest BCUT2D eigenvalue weighted by atomic mass is 10.2. The van der Waals surface area contributed by atoms with Gasteiger partial charge in [-0.25, -0.2) is 9.78 Å². The molecule has 0 bridgehead atoms. The lowest BCUT2D eigenvalue weighted by molar-refractivity contribution is -0.131. The average molecular weight is 301 g/mol. The van der Waals surface area contributed by atoms with Gasteiger partial charge in [-0.15, -0.1) is 11.8 Å². The molecule has 4 nitrogen and oxygen atoms in total. The van der Waals surface area contributed by atoms with E-state index in [1.165, 1.54) is 0 Å². The first-order chi connectivity index (χ1) is 10.2. The third-order valence-electron chi connectivity index (χ3n) is 2.54. The first kappa shape index (κ1) is 15.1. The van der Waals surface area contributed by atoms with E-state index in [1.807, 2.05) is 42.5 Å². The lowest BCUT2D eigenvalue weighted by Crippen LogP contribution is -2.00. The van der Waals surface area contributed by atoms with Crippen LogP contribution in [0.2, 0.25) is 0 Å². The summed E-state index contributed by atoms with van der Waals surface area (Å²) in [4.78, 5) is 14.6. The molecule has 0 aliphatic carbocycles. The first-order valence-electron chi connectivity index (χ1n) is 6.42. The van der Waals surface area contributed by atoms with Crippen LogP contribution in [0, 0.1) is 0 Å². The first-order valence-corrected chi connectivity index (χ1v) is 7.40. The Labute approximate surface area is 127 Å². The number of thioether (sulfide) groups is 1. The van der Waals surface area contributed by atoms with Gasteiger partial charge in [0, 0.05) is 18.0 Å². The molecule has 0 saturated carbocycles. The maximum Gasteiger partial charge on any atom is 0.328 e. The summed E-state index contributed by atoms with van der Waals surface area (Å²) in [6, 6.07) is 13.1. The molecule has 1 heterocycles. The molecule has 0 aliphatic rings. The minimum Gasteiger partial charge on any atom is -0.493 e. The van der Waals surface area contributed by atoms with Crippen molar-refractivity contribution in [2.24, 2.45) is 0 Å². The number of aromatic nitrogens is 1. The van der Waals surface area contributed by atoms with Crippen LogP contribution in [0.3, 0.4) is 0 Å². The maximum absolute atomic E-state index is 10.4. The summed E-state index contributed by atoms with van der Waals surface area (Å²) in [7, 11) is 0. The van der Waals surface area contributed by atoms with Gasteiger partial charge in [-0.05, 0) is 35.9 Å². The molecule has 0 atom stereocenters. The molecular formula is C16H15NO3S. The molecule has 5 heteroatoms. The SMILES string of the molecule is O=C(O)C=Cc1ccc(OCCSc2ccccn2)cc1. The molecular weight excluding hydrogens is 286 g/mol. The summed E-state index contributed by atoms with van der Waals surface area (Å²) in [6.45, 7) is 0.589. The van der Waals surface area contributed by atoms with Crippen LogP contribution in [0.15, 0.2) is 59.8 Å². The van der Waals surface area contributed by atoms with Crippen molar-refractivity contribution in [3.63, 3.8) is 0 Å². The molecule has 108 valence electrons. The molecule has 1 aromatic carbocycles. The van der Waals surface area contributed by atoms with Crippen molar-refractivity contribution in [1.29, 1.82) is 0 Å². The number of carboxylic acid groups (broad SMARTS) is 1. The van der Waals surface area contributed by atoms with Gasteiger partial charge in [-0.1, -0.05) is 18.2 Å². The largest absolute Gasteiger partial charge is 0.493 e. The Morgan fingerprint density at radius 1 is 1.24 bits per heavy atom. The number of nitrogens with zero attached hydrogens (tertiary/aromatic N) is 1. The fraction of sp³-hybridized carbons (Fsp3) is 0.125. The summed E-state index contributed by atoms with van der Waals surface area (Å²) < 4.78 is 5.62. The normalized spacial score (nSPS) is 10.7. The predicted molar refractivity (Wildman–Crippen MR) is 83.6 cm³/mol. The molecule has 1 N–H and O–H groups in total. The topological polar surface area (TPSA) is 59.4 Å². The van der Waals surface area contributed by atoms with Crippen LogP contribution in [0.25, 0.3) is 6.08 Å². The average Bonchev–Trinajstić information content (AvgIpc) is 2.52. The summed E-state index contributed by atoms with van der Waals surface area (Å²) in [6.07, 6.45) is 4.43. The molecule has 21 heavy (non-hydrogen) atoms. The van der Waals surface area contributed by atoms with E-state index in [0.29, 0.717) is 6.61 Å². The van der Waals surface area contributed by atoms with Crippen molar-refractivity contribution in [1.82, 2.24) is 4.98 Å². The molecule has 0 aliphatic heterocycles. The van der Waals surface area contributed by atoms with E-state index in [4.69, 9.17) is 9.84 Å². The van der Waals surface area contributed by atoms with Gasteiger partial charge in [0.1, 0.15) is 5.75 Å². The Kier molecular flexibility index (Phi) is 5.84. The van der Waals surface area contributed by atoms with E-state index in [1.54, 1.807) is 24.0 Å². The van der Waals surface area contributed by atoms with Gasteiger partial charge >= 0.3 is 5.97 Å². The van der Waals surface area contributed by atoms with Crippen molar-refractivity contribution in [2.45, 2.75) is 5.03 Å². The van der Waals surface area contributed by atoms with E-state index < -0.39 is 5.97 Å². The molecule has 2 aromatic rings. The number of ether oxygens (including phenoxy) is 1. The van der Waals surface area contributed by atoms with Gasteiger partial charge in [-0.2, -0.15) is 0 Å². The minimum atomic E-state index is -0.957.